The van der Waals surface area contributed by atoms with Crippen LogP contribution in [0.2, 0.25) is 0 Å². The monoisotopic (exact) mass is 232 g/mol. The highest BCUT2D eigenvalue weighted by Crippen LogP contribution is 2.18. The van der Waals surface area contributed by atoms with E-state index in [9.17, 15) is 8.42 Å². The molecule has 0 rings (SSSR count). The first-order valence-corrected chi connectivity index (χ1v) is 6.92. The zero-order valence-electron chi connectivity index (χ0n) is 7.09. The summed E-state index contributed by atoms with van der Waals surface area (Å²) in [6.07, 6.45) is 2.74. The van der Waals surface area contributed by atoms with E-state index in [1.807, 2.05) is 6.92 Å². The average Bonchev–Trinajstić information content (AvgIpc) is 1.95. The molecule has 0 spiro atoms. The van der Waals surface area contributed by atoms with Crippen molar-refractivity contribution < 1.29 is 8.42 Å². The van der Waals surface area contributed by atoms with E-state index in [2.05, 4.69) is 0 Å². The number of hydrogen-bond donors (Lipinski definition) is 0. The third-order valence-electron chi connectivity index (χ3n) is 1.67. The molecule has 5 heteroatoms. The molecule has 0 radical (unpaired) electrons. The Morgan fingerprint density at radius 3 is 2.25 bits per heavy atom. The Morgan fingerprint density at radius 1 is 1.33 bits per heavy atom. The molecule has 0 N–H and O–H groups in total. The first-order chi connectivity index (χ1) is 5.52. The lowest BCUT2D eigenvalue weighted by Gasteiger charge is -2.10. The maximum Gasteiger partial charge on any atom is 0.235 e. The summed E-state index contributed by atoms with van der Waals surface area (Å²) in [5.74, 6) is 0.493. The average molecular weight is 233 g/mol. The largest absolute Gasteiger partial charge is 0.235 e. The van der Waals surface area contributed by atoms with Gasteiger partial charge in [0.15, 0.2) is 0 Å². The molecule has 0 fully saturated rings. The van der Waals surface area contributed by atoms with Crippen LogP contribution in [0.1, 0.15) is 32.6 Å². The van der Waals surface area contributed by atoms with Gasteiger partial charge in [-0.1, -0.05) is 13.3 Å². The third-order valence-corrected chi connectivity index (χ3v) is 3.96. The first kappa shape index (κ1) is 12.5. The molecule has 0 aromatic heterocycles. The van der Waals surface area contributed by atoms with E-state index >= 15 is 0 Å². The first-order valence-electron chi connectivity index (χ1n) is 4.01. The molecule has 0 aliphatic rings. The van der Waals surface area contributed by atoms with Crippen LogP contribution in [-0.4, -0.2) is 19.5 Å². The molecule has 1 unspecified atom stereocenters. The van der Waals surface area contributed by atoms with Crippen molar-refractivity contribution in [2.75, 3.05) is 5.88 Å². The van der Waals surface area contributed by atoms with Gasteiger partial charge in [-0.15, -0.1) is 11.6 Å². The number of alkyl halides is 1. The third kappa shape index (κ3) is 5.22. The Kier molecular flexibility index (Phi) is 6.32. The second-order valence-electron chi connectivity index (χ2n) is 2.72. The van der Waals surface area contributed by atoms with Crippen LogP contribution in [-0.2, 0) is 9.05 Å². The van der Waals surface area contributed by atoms with Gasteiger partial charge in [-0.25, -0.2) is 8.42 Å². The highest BCUT2D eigenvalue weighted by Gasteiger charge is 2.20. The van der Waals surface area contributed by atoms with Gasteiger partial charge in [-0.3, -0.25) is 0 Å². The molecular formula is C7H14Cl2O2S. The second kappa shape index (κ2) is 6.06. The molecule has 0 aliphatic heterocycles. The Bertz CT molecular complexity index is 201. The number of rotatable bonds is 6. The fourth-order valence-electron chi connectivity index (χ4n) is 1.05. The molecule has 0 saturated carbocycles. The molecule has 0 aromatic carbocycles. The van der Waals surface area contributed by atoms with Crippen molar-refractivity contribution in [3.05, 3.63) is 0 Å². The smallest absolute Gasteiger partial charge is 0.212 e. The van der Waals surface area contributed by atoms with Crippen molar-refractivity contribution in [2.45, 2.75) is 37.9 Å². The lowest BCUT2D eigenvalue weighted by Crippen LogP contribution is -2.16. The molecule has 0 heterocycles. The summed E-state index contributed by atoms with van der Waals surface area (Å²) < 4.78 is 21.9. The van der Waals surface area contributed by atoms with E-state index in [1.165, 1.54) is 0 Å². The summed E-state index contributed by atoms with van der Waals surface area (Å²) in [4.78, 5) is 0. The molecule has 0 bridgehead atoms. The molecule has 0 saturated heterocycles. The molecule has 0 aliphatic carbocycles. The van der Waals surface area contributed by atoms with Gasteiger partial charge in [0.2, 0.25) is 9.05 Å². The maximum atomic E-state index is 10.9. The van der Waals surface area contributed by atoms with Gasteiger partial charge in [-0.05, 0) is 19.3 Å². The molecule has 74 valence electrons. The van der Waals surface area contributed by atoms with Crippen molar-refractivity contribution in [3.63, 3.8) is 0 Å². The van der Waals surface area contributed by atoms with Crippen LogP contribution >= 0.6 is 22.3 Å². The van der Waals surface area contributed by atoms with Crippen molar-refractivity contribution >= 4 is 31.3 Å². The second-order valence-corrected chi connectivity index (χ2v) is 6.00. The highest BCUT2D eigenvalue weighted by atomic mass is 35.7. The molecule has 0 amide bonds. The van der Waals surface area contributed by atoms with E-state index in [1.54, 1.807) is 0 Å². The van der Waals surface area contributed by atoms with Crippen LogP contribution in [0.5, 0.6) is 0 Å². The van der Waals surface area contributed by atoms with Gasteiger partial charge in [0.05, 0.1) is 5.25 Å². The van der Waals surface area contributed by atoms with Crippen LogP contribution in [0.3, 0.4) is 0 Å². The fourth-order valence-corrected chi connectivity index (χ4v) is 2.71. The zero-order chi connectivity index (χ0) is 9.61. The van der Waals surface area contributed by atoms with Gasteiger partial charge in [0.1, 0.15) is 0 Å². The van der Waals surface area contributed by atoms with Crippen LogP contribution < -0.4 is 0 Å². The SMILES string of the molecule is CCCC(CCCCl)S(=O)(=O)Cl. The van der Waals surface area contributed by atoms with Crippen LogP contribution in [0.4, 0.5) is 0 Å². The van der Waals surface area contributed by atoms with E-state index in [0.29, 0.717) is 25.1 Å². The van der Waals surface area contributed by atoms with E-state index in [0.717, 1.165) is 6.42 Å². The van der Waals surface area contributed by atoms with E-state index < -0.39 is 14.3 Å². The lowest BCUT2D eigenvalue weighted by atomic mass is 10.2. The normalized spacial score (nSPS) is 14.6. The standard InChI is InChI=1S/C7H14Cl2O2S/c1-2-4-7(5-3-6-8)12(9,10)11/h7H,2-6H2,1H3. The summed E-state index contributed by atoms with van der Waals surface area (Å²) in [5, 5.41) is -0.414. The van der Waals surface area contributed by atoms with Gasteiger partial charge >= 0.3 is 0 Å². The van der Waals surface area contributed by atoms with Crippen LogP contribution in [0, 0.1) is 0 Å². The van der Waals surface area contributed by atoms with Crippen LogP contribution in [0.25, 0.3) is 0 Å². The molecule has 12 heavy (non-hydrogen) atoms. The summed E-state index contributed by atoms with van der Waals surface area (Å²) >= 11 is 5.46. The maximum absolute atomic E-state index is 10.9. The predicted octanol–water partition coefficient (Wildman–Crippen LogP) is 2.74. The summed E-state index contributed by atoms with van der Waals surface area (Å²) in [7, 11) is 1.86. The Labute approximate surface area is 83.7 Å². The van der Waals surface area contributed by atoms with Gasteiger partial charge in [0.25, 0.3) is 0 Å². The number of hydrogen-bond acceptors (Lipinski definition) is 2. The Hall–Kier alpha value is 0.530. The van der Waals surface area contributed by atoms with Crippen molar-refractivity contribution in [1.29, 1.82) is 0 Å². The minimum absolute atomic E-state index is 0.414. The van der Waals surface area contributed by atoms with Gasteiger partial charge in [-0.2, -0.15) is 0 Å². The Balaban J connectivity index is 4.05. The summed E-state index contributed by atoms with van der Waals surface area (Å²) in [6.45, 7) is 1.94. The number of halogens is 2. The molecule has 0 aromatic rings. The van der Waals surface area contributed by atoms with Crippen molar-refractivity contribution in [2.24, 2.45) is 0 Å². The van der Waals surface area contributed by atoms with E-state index in [-0.39, 0.29) is 0 Å². The minimum Gasteiger partial charge on any atom is -0.212 e. The quantitative estimate of drug-likeness (QED) is 0.522. The minimum atomic E-state index is -3.39. The predicted molar refractivity (Wildman–Crippen MR) is 53.4 cm³/mol. The van der Waals surface area contributed by atoms with Crippen molar-refractivity contribution in [3.8, 4) is 0 Å². The summed E-state index contributed by atoms with van der Waals surface area (Å²) in [5.41, 5.74) is 0. The topological polar surface area (TPSA) is 34.1 Å². The molecule has 1 atom stereocenters. The van der Waals surface area contributed by atoms with Crippen molar-refractivity contribution in [1.82, 2.24) is 0 Å². The zero-order valence-corrected chi connectivity index (χ0v) is 9.42. The van der Waals surface area contributed by atoms with Gasteiger partial charge in [0, 0.05) is 16.6 Å². The summed E-state index contributed by atoms with van der Waals surface area (Å²) in [6, 6.07) is 0. The van der Waals surface area contributed by atoms with E-state index in [4.69, 9.17) is 22.3 Å². The molecular weight excluding hydrogens is 219 g/mol. The fraction of sp³-hybridized carbons (Fsp3) is 1.00. The van der Waals surface area contributed by atoms with Crippen LogP contribution in [0.15, 0.2) is 0 Å². The Morgan fingerprint density at radius 2 is 1.92 bits per heavy atom. The van der Waals surface area contributed by atoms with Gasteiger partial charge < -0.3 is 0 Å². The lowest BCUT2D eigenvalue weighted by molar-refractivity contribution is 0.569. The molecule has 2 nitrogen and oxygen atoms in total. The highest BCUT2D eigenvalue weighted by molar-refractivity contribution is 8.14.